The van der Waals surface area contributed by atoms with Crippen molar-refractivity contribution in [2.24, 2.45) is 0 Å². The first kappa shape index (κ1) is 11.3. The molecule has 0 aliphatic heterocycles. The maximum Gasteiger partial charge on any atom is 0.156 e. The molecule has 2 nitrogen and oxygen atoms in total. The van der Waals surface area contributed by atoms with Gasteiger partial charge in [0, 0.05) is 18.2 Å². The van der Waals surface area contributed by atoms with Gasteiger partial charge >= 0.3 is 0 Å². The van der Waals surface area contributed by atoms with Crippen molar-refractivity contribution in [2.45, 2.75) is 13.3 Å². The second-order valence-corrected chi connectivity index (χ2v) is 5.79. The van der Waals surface area contributed by atoms with E-state index in [-0.39, 0.29) is 0 Å². The fourth-order valence-electron chi connectivity index (χ4n) is 2.75. The van der Waals surface area contributed by atoms with Gasteiger partial charge in [0.05, 0.1) is 21.4 Å². The SMILES string of the molecule is Cc1ccc2c(c1)-c1nc3c(Cl)cc(Cl)cn3c1C2. The smallest absolute Gasteiger partial charge is 0.156 e. The lowest BCUT2D eigenvalue weighted by Crippen LogP contribution is -1.92. The lowest BCUT2D eigenvalue weighted by atomic mass is 10.1. The molecular weight excluding hydrogens is 279 g/mol. The molecule has 0 saturated heterocycles. The molecule has 3 aromatic rings. The third-order valence-electron chi connectivity index (χ3n) is 3.62. The van der Waals surface area contributed by atoms with Crippen molar-refractivity contribution < 1.29 is 0 Å². The molecule has 0 atom stereocenters. The number of halogens is 2. The van der Waals surface area contributed by atoms with Crippen LogP contribution in [-0.2, 0) is 6.42 Å². The second-order valence-electron chi connectivity index (χ2n) is 4.94. The summed E-state index contributed by atoms with van der Waals surface area (Å²) in [5, 5.41) is 1.22. The summed E-state index contributed by atoms with van der Waals surface area (Å²) in [7, 11) is 0. The van der Waals surface area contributed by atoms with Crippen molar-refractivity contribution in [1.82, 2.24) is 9.38 Å². The first-order valence-electron chi connectivity index (χ1n) is 6.09. The molecular formula is C15H10Cl2N2. The molecule has 0 bridgehead atoms. The van der Waals surface area contributed by atoms with Crippen LogP contribution in [-0.4, -0.2) is 9.38 Å². The van der Waals surface area contributed by atoms with Gasteiger partial charge in [0.15, 0.2) is 5.65 Å². The minimum Gasteiger partial charge on any atom is -0.300 e. The predicted molar refractivity (Wildman–Crippen MR) is 78.2 cm³/mol. The van der Waals surface area contributed by atoms with Crippen LogP contribution in [0.5, 0.6) is 0 Å². The molecule has 0 amide bonds. The minimum absolute atomic E-state index is 0.594. The van der Waals surface area contributed by atoms with Crippen LogP contribution in [0.1, 0.15) is 16.8 Å². The highest BCUT2D eigenvalue weighted by atomic mass is 35.5. The Labute approximate surface area is 120 Å². The summed E-state index contributed by atoms with van der Waals surface area (Å²) in [4.78, 5) is 4.69. The van der Waals surface area contributed by atoms with Crippen LogP contribution in [0.2, 0.25) is 10.0 Å². The number of aryl methyl sites for hydroxylation is 1. The summed E-state index contributed by atoms with van der Waals surface area (Å²) in [6.07, 6.45) is 2.76. The average molecular weight is 289 g/mol. The minimum atomic E-state index is 0.594. The Morgan fingerprint density at radius 1 is 1.21 bits per heavy atom. The third kappa shape index (κ3) is 1.54. The Kier molecular flexibility index (Phi) is 2.23. The normalized spacial score (nSPS) is 12.8. The van der Waals surface area contributed by atoms with Gasteiger partial charge in [-0.3, -0.25) is 0 Å². The zero-order valence-corrected chi connectivity index (χ0v) is 11.8. The van der Waals surface area contributed by atoms with E-state index in [1.54, 1.807) is 6.07 Å². The van der Waals surface area contributed by atoms with E-state index in [0.29, 0.717) is 10.0 Å². The number of aromatic nitrogens is 2. The van der Waals surface area contributed by atoms with E-state index in [4.69, 9.17) is 23.2 Å². The van der Waals surface area contributed by atoms with Gasteiger partial charge in [0.25, 0.3) is 0 Å². The van der Waals surface area contributed by atoms with Gasteiger partial charge < -0.3 is 4.40 Å². The zero-order valence-electron chi connectivity index (χ0n) is 10.2. The van der Waals surface area contributed by atoms with Crippen molar-refractivity contribution in [3.05, 3.63) is 57.3 Å². The van der Waals surface area contributed by atoms with Crippen LogP contribution >= 0.6 is 23.2 Å². The van der Waals surface area contributed by atoms with Crippen LogP contribution in [0.25, 0.3) is 16.9 Å². The molecule has 1 aliphatic carbocycles. The van der Waals surface area contributed by atoms with Gasteiger partial charge in [-0.15, -0.1) is 0 Å². The molecule has 1 aromatic carbocycles. The van der Waals surface area contributed by atoms with Gasteiger partial charge in [-0.25, -0.2) is 4.98 Å². The Morgan fingerprint density at radius 2 is 2.05 bits per heavy atom. The predicted octanol–water partition coefficient (Wildman–Crippen LogP) is 4.52. The highest BCUT2D eigenvalue weighted by Gasteiger charge is 2.25. The zero-order chi connectivity index (χ0) is 13.1. The average Bonchev–Trinajstić information content (AvgIpc) is 2.87. The molecule has 0 fully saturated rings. The maximum atomic E-state index is 6.22. The summed E-state index contributed by atoms with van der Waals surface area (Å²) in [5.74, 6) is 0. The molecule has 1 aliphatic rings. The quantitative estimate of drug-likeness (QED) is 0.465. The van der Waals surface area contributed by atoms with Gasteiger partial charge in [0.1, 0.15) is 0 Å². The maximum absolute atomic E-state index is 6.22. The van der Waals surface area contributed by atoms with Gasteiger partial charge in [0.2, 0.25) is 0 Å². The van der Waals surface area contributed by atoms with Crippen LogP contribution in [0.3, 0.4) is 0 Å². The molecule has 2 heterocycles. The van der Waals surface area contributed by atoms with Crippen molar-refractivity contribution in [3.8, 4) is 11.3 Å². The van der Waals surface area contributed by atoms with Crippen molar-refractivity contribution in [1.29, 1.82) is 0 Å². The fourth-order valence-corrected chi connectivity index (χ4v) is 3.26. The molecule has 0 unspecified atom stereocenters. The summed E-state index contributed by atoms with van der Waals surface area (Å²) in [6.45, 7) is 2.10. The first-order chi connectivity index (χ1) is 9.13. The first-order valence-corrected chi connectivity index (χ1v) is 6.85. The van der Waals surface area contributed by atoms with Crippen LogP contribution in [0, 0.1) is 6.92 Å². The van der Waals surface area contributed by atoms with Gasteiger partial charge in [-0.2, -0.15) is 0 Å². The number of pyridine rings is 1. The number of imidazole rings is 1. The van der Waals surface area contributed by atoms with E-state index >= 15 is 0 Å². The van der Waals surface area contributed by atoms with Crippen molar-refractivity contribution in [3.63, 3.8) is 0 Å². The summed E-state index contributed by atoms with van der Waals surface area (Å²) < 4.78 is 2.01. The Hall–Kier alpha value is -1.51. The monoisotopic (exact) mass is 288 g/mol. The molecule has 0 saturated carbocycles. The third-order valence-corrected chi connectivity index (χ3v) is 4.10. The largest absolute Gasteiger partial charge is 0.300 e. The van der Waals surface area contributed by atoms with Gasteiger partial charge in [-0.1, -0.05) is 40.9 Å². The van der Waals surface area contributed by atoms with Crippen LogP contribution in [0.15, 0.2) is 30.5 Å². The number of hydrogen-bond acceptors (Lipinski definition) is 1. The second kappa shape index (κ2) is 3.75. The number of rotatable bonds is 0. The molecule has 2 aromatic heterocycles. The number of nitrogens with zero attached hydrogens (tertiary/aromatic N) is 2. The lowest BCUT2D eigenvalue weighted by molar-refractivity contribution is 1.05. The van der Waals surface area contributed by atoms with E-state index in [0.717, 1.165) is 17.8 Å². The molecule has 4 heteroatoms. The van der Waals surface area contributed by atoms with E-state index < -0.39 is 0 Å². The van der Waals surface area contributed by atoms with E-state index in [1.165, 1.54) is 22.4 Å². The van der Waals surface area contributed by atoms with E-state index in [2.05, 4.69) is 30.1 Å². The van der Waals surface area contributed by atoms with Gasteiger partial charge in [-0.05, 0) is 24.6 Å². The highest BCUT2D eigenvalue weighted by molar-refractivity contribution is 6.36. The molecule has 19 heavy (non-hydrogen) atoms. The number of benzene rings is 1. The van der Waals surface area contributed by atoms with Crippen molar-refractivity contribution in [2.75, 3.05) is 0 Å². The Morgan fingerprint density at radius 3 is 2.89 bits per heavy atom. The number of hydrogen-bond donors (Lipinski definition) is 0. The lowest BCUT2D eigenvalue weighted by Gasteiger charge is -2.02. The van der Waals surface area contributed by atoms with E-state index in [1.807, 2.05) is 10.6 Å². The number of fused-ring (bicyclic) bond motifs is 5. The summed E-state index contributed by atoms with van der Waals surface area (Å²) in [5.41, 5.74) is 6.75. The molecule has 4 rings (SSSR count). The topological polar surface area (TPSA) is 17.3 Å². The standard InChI is InChI=1S/C15H10Cl2N2/c1-8-2-3-9-5-13-14(11(9)4-8)18-15-12(17)6-10(16)7-19(13)15/h2-4,6-7H,5H2,1H3. The Bertz CT molecular complexity index is 834. The summed E-state index contributed by atoms with van der Waals surface area (Å²) in [6, 6.07) is 8.23. The highest BCUT2D eigenvalue weighted by Crippen LogP contribution is 2.38. The Balaban J connectivity index is 2.08. The molecule has 0 spiro atoms. The molecule has 0 N–H and O–H groups in total. The van der Waals surface area contributed by atoms with E-state index in [9.17, 15) is 0 Å². The fraction of sp³-hybridized carbons (Fsp3) is 0.133. The van der Waals surface area contributed by atoms with Crippen LogP contribution in [0.4, 0.5) is 0 Å². The molecule has 0 radical (unpaired) electrons. The van der Waals surface area contributed by atoms with Crippen molar-refractivity contribution >= 4 is 28.8 Å². The molecule has 94 valence electrons. The van der Waals surface area contributed by atoms with Crippen LogP contribution < -0.4 is 0 Å². The summed E-state index contributed by atoms with van der Waals surface area (Å²) >= 11 is 12.3.